The number of hydrogen-bond acceptors (Lipinski definition) is 4. The van der Waals surface area contributed by atoms with Crippen molar-refractivity contribution in [1.82, 2.24) is 20.1 Å². The number of alkyl halides is 2. The predicted molar refractivity (Wildman–Crippen MR) is 79.8 cm³/mol. The summed E-state index contributed by atoms with van der Waals surface area (Å²) in [4.78, 5) is 14.9. The Morgan fingerprint density at radius 2 is 2.30 bits per heavy atom. The highest BCUT2D eigenvalue weighted by Gasteiger charge is 2.20. The van der Waals surface area contributed by atoms with Gasteiger partial charge in [-0.15, -0.1) is 6.58 Å². The van der Waals surface area contributed by atoms with Gasteiger partial charge < -0.3 is 16.2 Å². The van der Waals surface area contributed by atoms with E-state index >= 15 is 0 Å². The molecule has 0 saturated carbocycles. The van der Waals surface area contributed by atoms with Crippen molar-refractivity contribution in [2.24, 2.45) is 0 Å². The third-order valence-corrected chi connectivity index (χ3v) is 3.14. The van der Waals surface area contributed by atoms with E-state index in [-0.39, 0.29) is 17.1 Å². The minimum atomic E-state index is -2.87. The Labute approximate surface area is 130 Å². The molecule has 0 bridgehead atoms. The Hall–Kier alpha value is -2.97. The summed E-state index contributed by atoms with van der Waals surface area (Å²) in [6.45, 7) is 0.708. The predicted octanol–water partition coefficient (Wildman–Crippen LogP) is 2.81. The molecule has 0 aliphatic rings. The van der Waals surface area contributed by atoms with Crippen molar-refractivity contribution >= 4 is 11.8 Å². The number of pyridine rings is 1. The molecule has 0 aliphatic heterocycles. The van der Waals surface area contributed by atoms with E-state index in [1.54, 1.807) is 12.1 Å². The van der Waals surface area contributed by atoms with E-state index in [1.165, 1.54) is 12.3 Å². The summed E-state index contributed by atoms with van der Waals surface area (Å²) in [5.41, 5.74) is 6.47. The van der Waals surface area contributed by atoms with E-state index in [0.717, 1.165) is 6.20 Å². The van der Waals surface area contributed by atoms with Crippen LogP contribution in [0.3, 0.4) is 0 Å². The quantitative estimate of drug-likeness (QED) is 0.709. The van der Waals surface area contributed by atoms with Crippen LogP contribution < -0.4 is 11.1 Å². The average Bonchev–Trinajstić information content (AvgIpc) is 2.88. The van der Waals surface area contributed by atoms with E-state index < -0.39 is 18.7 Å². The van der Waals surface area contributed by atoms with Gasteiger partial charge in [0, 0.05) is 6.20 Å². The van der Waals surface area contributed by atoms with Gasteiger partial charge in [0.2, 0.25) is 0 Å². The maximum atomic E-state index is 13.0. The van der Waals surface area contributed by atoms with Gasteiger partial charge >= 0.3 is 12.6 Å². The molecule has 0 aliphatic carbocycles. The third kappa shape index (κ3) is 3.62. The first-order chi connectivity index (χ1) is 10.9. The molecule has 1 atom stereocenters. The molecule has 0 fully saturated rings. The molecule has 0 aromatic carbocycles. The zero-order valence-electron chi connectivity index (χ0n) is 12.0. The van der Waals surface area contributed by atoms with Crippen molar-refractivity contribution in [2.75, 3.05) is 5.73 Å². The van der Waals surface area contributed by atoms with Crippen molar-refractivity contribution in [3.05, 3.63) is 42.7 Å². The molecule has 122 valence electrons. The summed E-state index contributed by atoms with van der Waals surface area (Å²) in [5, 5.41) is 14.8. The first kappa shape index (κ1) is 16.4. The average molecular weight is 323 g/mol. The second kappa shape index (κ2) is 6.86. The molecule has 4 N–H and O–H groups in total. The van der Waals surface area contributed by atoms with Crippen LogP contribution in [0.25, 0.3) is 11.4 Å². The lowest BCUT2D eigenvalue weighted by Gasteiger charge is -2.16. The fraction of sp³-hybridized carbons (Fsp3) is 0.214. The first-order valence-corrected chi connectivity index (χ1v) is 6.61. The van der Waals surface area contributed by atoms with E-state index in [0.29, 0.717) is 16.7 Å². The minimum Gasteiger partial charge on any atom is -0.465 e. The summed E-state index contributed by atoms with van der Waals surface area (Å²) in [6.07, 6.45) is 3.20. The molecule has 0 saturated heterocycles. The maximum Gasteiger partial charge on any atom is 0.405 e. The van der Waals surface area contributed by atoms with Crippen LogP contribution in [0.15, 0.2) is 37.2 Å². The van der Waals surface area contributed by atoms with Crippen LogP contribution in [0.4, 0.5) is 19.3 Å². The van der Waals surface area contributed by atoms with Gasteiger partial charge in [-0.2, -0.15) is 18.6 Å². The van der Waals surface area contributed by atoms with Crippen LogP contribution in [0.1, 0.15) is 24.6 Å². The zero-order chi connectivity index (χ0) is 17.0. The molecule has 9 heteroatoms. The van der Waals surface area contributed by atoms with E-state index in [9.17, 15) is 13.6 Å². The van der Waals surface area contributed by atoms with Crippen LogP contribution >= 0.6 is 0 Å². The topological polar surface area (TPSA) is 106 Å². The van der Waals surface area contributed by atoms with Crippen LogP contribution in [0.5, 0.6) is 0 Å². The standard InChI is InChI=1S/C14H15F2N5O2/c1-2-3-10(20-14(22)23)8-4-5-18-11(6-8)12-9(17)7-19-21(12)13(15)16/h2,4-7,10,13,20H,1,3,17H2,(H,22,23). The molecular formula is C14H15F2N5O2. The molecule has 0 radical (unpaired) electrons. The zero-order valence-corrected chi connectivity index (χ0v) is 12.0. The van der Waals surface area contributed by atoms with Crippen molar-refractivity contribution in [1.29, 1.82) is 0 Å². The molecule has 7 nitrogen and oxygen atoms in total. The minimum absolute atomic E-state index is 0.0190. The van der Waals surface area contributed by atoms with Crippen LogP contribution in [0.2, 0.25) is 0 Å². The number of nitrogen functional groups attached to an aromatic ring is 1. The first-order valence-electron chi connectivity index (χ1n) is 6.61. The number of nitrogens with one attached hydrogen (secondary N) is 1. The molecule has 2 heterocycles. The lowest BCUT2D eigenvalue weighted by molar-refractivity contribution is 0.0585. The summed E-state index contributed by atoms with van der Waals surface area (Å²) in [5.74, 6) is 0. The third-order valence-electron chi connectivity index (χ3n) is 3.14. The van der Waals surface area contributed by atoms with Crippen molar-refractivity contribution in [3.63, 3.8) is 0 Å². The van der Waals surface area contributed by atoms with Gasteiger partial charge in [0.1, 0.15) is 5.69 Å². The van der Waals surface area contributed by atoms with E-state index in [4.69, 9.17) is 10.8 Å². The summed E-state index contributed by atoms with van der Waals surface area (Å²) >= 11 is 0. The molecule has 2 aromatic rings. The molecule has 1 unspecified atom stereocenters. The molecule has 2 rings (SSSR count). The SMILES string of the molecule is C=CCC(NC(=O)O)c1ccnc(-c2c(N)cnn2C(F)F)c1. The van der Waals surface area contributed by atoms with Gasteiger partial charge in [-0.3, -0.25) is 4.98 Å². The smallest absolute Gasteiger partial charge is 0.405 e. The Bertz CT molecular complexity index is 717. The monoisotopic (exact) mass is 323 g/mol. The van der Waals surface area contributed by atoms with Gasteiger partial charge in [0.25, 0.3) is 0 Å². The Balaban J connectivity index is 2.45. The fourth-order valence-corrected chi connectivity index (χ4v) is 2.18. The highest BCUT2D eigenvalue weighted by molar-refractivity contribution is 5.70. The van der Waals surface area contributed by atoms with E-state index in [2.05, 4.69) is 22.0 Å². The van der Waals surface area contributed by atoms with Gasteiger partial charge in [0.05, 0.1) is 23.6 Å². The van der Waals surface area contributed by atoms with Crippen molar-refractivity contribution < 1.29 is 18.7 Å². The van der Waals surface area contributed by atoms with Gasteiger partial charge in [-0.1, -0.05) is 6.08 Å². The lowest BCUT2D eigenvalue weighted by atomic mass is 10.0. The number of nitrogens with zero attached hydrogens (tertiary/aromatic N) is 3. The lowest BCUT2D eigenvalue weighted by Crippen LogP contribution is -2.26. The number of carbonyl (C=O) groups is 1. The van der Waals surface area contributed by atoms with Gasteiger partial charge in [0.15, 0.2) is 0 Å². The number of rotatable bonds is 6. The Morgan fingerprint density at radius 1 is 1.57 bits per heavy atom. The number of nitrogens with two attached hydrogens (primary N) is 1. The number of anilines is 1. The number of aromatic nitrogens is 3. The van der Waals surface area contributed by atoms with Crippen molar-refractivity contribution in [2.45, 2.75) is 19.0 Å². The summed E-state index contributed by atoms with van der Waals surface area (Å²) in [7, 11) is 0. The van der Waals surface area contributed by atoms with Crippen LogP contribution in [-0.2, 0) is 0 Å². The molecule has 23 heavy (non-hydrogen) atoms. The largest absolute Gasteiger partial charge is 0.465 e. The second-order valence-corrected chi connectivity index (χ2v) is 4.67. The fourth-order valence-electron chi connectivity index (χ4n) is 2.18. The summed E-state index contributed by atoms with van der Waals surface area (Å²) < 4.78 is 26.5. The van der Waals surface area contributed by atoms with E-state index in [1.807, 2.05) is 0 Å². The molecule has 2 aromatic heterocycles. The van der Waals surface area contributed by atoms with Crippen LogP contribution in [-0.4, -0.2) is 26.0 Å². The highest BCUT2D eigenvalue weighted by Crippen LogP contribution is 2.29. The normalized spacial score (nSPS) is 12.1. The summed E-state index contributed by atoms with van der Waals surface area (Å²) in [6, 6.07) is 2.51. The van der Waals surface area contributed by atoms with Crippen molar-refractivity contribution in [3.8, 4) is 11.4 Å². The number of hydrogen-bond donors (Lipinski definition) is 3. The molecule has 1 amide bonds. The number of amides is 1. The maximum absolute atomic E-state index is 13.0. The molecule has 0 spiro atoms. The van der Waals surface area contributed by atoms with Crippen LogP contribution in [0, 0.1) is 0 Å². The Kier molecular flexibility index (Phi) is 4.89. The second-order valence-electron chi connectivity index (χ2n) is 4.67. The number of carboxylic acid groups (broad SMARTS) is 1. The number of halogens is 2. The molecular weight excluding hydrogens is 308 g/mol. The highest BCUT2D eigenvalue weighted by atomic mass is 19.3. The van der Waals surface area contributed by atoms with Gasteiger partial charge in [-0.05, 0) is 24.1 Å². The van der Waals surface area contributed by atoms with Gasteiger partial charge in [-0.25, -0.2) is 4.79 Å². The Morgan fingerprint density at radius 3 is 2.91 bits per heavy atom.